The van der Waals surface area contributed by atoms with E-state index in [1.54, 1.807) is 0 Å². The molecule has 1 saturated heterocycles. The molecule has 116 valence electrons. The van der Waals surface area contributed by atoms with Gasteiger partial charge >= 0.3 is 0 Å². The van der Waals surface area contributed by atoms with Gasteiger partial charge in [-0.1, -0.05) is 18.6 Å². The number of rotatable bonds is 0. The quantitative estimate of drug-likeness (QED) is 0.696. The minimum Gasteiger partial charge on any atom is -0.393 e. The number of aliphatic hydroxyl groups is 1. The largest absolute Gasteiger partial charge is 0.393 e. The number of fused-ring (bicyclic) bond motifs is 3. The predicted octanol–water partition coefficient (Wildman–Crippen LogP) is 2.21. The number of ether oxygens (including phenoxy) is 2. The van der Waals surface area contributed by atoms with Gasteiger partial charge in [-0.15, -0.1) is 0 Å². The summed E-state index contributed by atoms with van der Waals surface area (Å²) < 4.78 is 11.7. The molecule has 1 N–H and O–H groups in total. The van der Waals surface area contributed by atoms with Gasteiger partial charge in [0.15, 0.2) is 5.79 Å². The molecule has 4 nitrogen and oxygen atoms in total. The second-order valence-electron chi connectivity index (χ2n) is 7.37. The number of aliphatic hydroxyl groups excluding tert-OH is 1. The Morgan fingerprint density at radius 1 is 1.29 bits per heavy atom. The normalized spacial score (nSPS) is 45.1. The fourth-order valence-electron chi connectivity index (χ4n) is 5.16. The first-order valence-electron chi connectivity index (χ1n) is 8.22. The molecule has 0 radical (unpaired) electrons. The Kier molecular flexibility index (Phi) is 3.08. The van der Waals surface area contributed by atoms with Gasteiger partial charge in [-0.05, 0) is 24.7 Å². The zero-order valence-electron chi connectivity index (χ0n) is 12.6. The number of hydrogen-bond donors (Lipinski definition) is 1. The molecule has 2 saturated carbocycles. The summed E-state index contributed by atoms with van der Waals surface area (Å²) in [6.45, 7) is 3.59. The van der Waals surface area contributed by atoms with E-state index in [9.17, 15) is 9.90 Å². The minimum atomic E-state index is -0.429. The zero-order valence-corrected chi connectivity index (χ0v) is 12.6. The van der Waals surface area contributed by atoms with Crippen molar-refractivity contribution < 1.29 is 19.4 Å². The standard InChI is InChI=1S/C17H24O4/c1-16-6-7-17(20-8-9-21-17)10-11(16)2-3-12-13(18)4-5-14(19)15(12)16/h2,12,14-15,19H,3-10H2,1H3/t12-,14+,15+,16-/m0/s1. The van der Waals surface area contributed by atoms with Crippen molar-refractivity contribution in [3.8, 4) is 0 Å². The lowest BCUT2D eigenvalue weighted by Crippen LogP contribution is -2.53. The van der Waals surface area contributed by atoms with Crippen LogP contribution in [0.25, 0.3) is 0 Å². The average Bonchev–Trinajstić information content (AvgIpc) is 2.92. The van der Waals surface area contributed by atoms with Gasteiger partial charge in [-0.3, -0.25) is 4.79 Å². The molecule has 0 aromatic heterocycles. The Bertz CT molecular complexity index is 491. The van der Waals surface area contributed by atoms with Gasteiger partial charge < -0.3 is 14.6 Å². The predicted molar refractivity (Wildman–Crippen MR) is 76.5 cm³/mol. The molecule has 3 aliphatic carbocycles. The van der Waals surface area contributed by atoms with Crippen LogP contribution in [0.1, 0.15) is 45.4 Å². The molecule has 1 spiro atoms. The summed E-state index contributed by atoms with van der Waals surface area (Å²) >= 11 is 0. The summed E-state index contributed by atoms with van der Waals surface area (Å²) in [4.78, 5) is 12.3. The molecule has 0 aromatic rings. The molecular formula is C17H24O4. The van der Waals surface area contributed by atoms with Gasteiger partial charge in [0.2, 0.25) is 0 Å². The lowest BCUT2D eigenvalue weighted by atomic mass is 9.52. The van der Waals surface area contributed by atoms with Crippen LogP contribution in [0.5, 0.6) is 0 Å². The highest BCUT2D eigenvalue weighted by Crippen LogP contribution is 2.58. The second kappa shape index (κ2) is 4.64. The number of allylic oxidation sites excluding steroid dienone is 1. The number of hydrogen-bond acceptors (Lipinski definition) is 4. The maximum Gasteiger partial charge on any atom is 0.172 e. The summed E-state index contributed by atoms with van der Waals surface area (Å²) in [5.74, 6) is 0.0110. The van der Waals surface area contributed by atoms with Gasteiger partial charge in [0, 0.05) is 31.1 Å². The van der Waals surface area contributed by atoms with E-state index in [1.165, 1.54) is 5.57 Å². The Morgan fingerprint density at radius 3 is 2.81 bits per heavy atom. The molecule has 0 bridgehead atoms. The topological polar surface area (TPSA) is 55.8 Å². The molecule has 4 aliphatic rings. The monoisotopic (exact) mass is 292 g/mol. The Labute approximate surface area is 125 Å². The van der Waals surface area contributed by atoms with Crippen LogP contribution in [0.3, 0.4) is 0 Å². The maximum absolute atomic E-state index is 12.3. The van der Waals surface area contributed by atoms with E-state index in [2.05, 4.69) is 13.0 Å². The Hall–Kier alpha value is -0.710. The fourth-order valence-corrected chi connectivity index (χ4v) is 5.16. The van der Waals surface area contributed by atoms with Crippen molar-refractivity contribution in [1.82, 2.24) is 0 Å². The molecule has 4 rings (SSSR count). The lowest BCUT2D eigenvalue weighted by molar-refractivity contribution is -0.187. The van der Waals surface area contributed by atoms with Crippen LogP contribution in [0, 0.1) is 17.3 Å². The number of carbonyl (C=O) groups is 1. The summed E-state index contributed by atoms with van der Waals surface area (Å²) in [5, 5.41) is 10.5. The van der Waals surface area contributed by atoms with Gasteiger partial charge in [-0.25, -0.2) is 0 Å². The lowest BCUT2D eigenvalue weighted by Gasteiger charge is -2.54. The van der Waals surface area contributed by atoms with E-state index in [0.29, 0.717) is 31.8 Å². The molecule has 0 amide bonds. The van der Waals surface area contributed by atoms with Crippen LogP contribution in [0.2, 0.25) is 0 Å². The smallest absolute Gasteiger partial charge is 0.172 e. The SMILES string of the molecule is C[C@]12CCC3(CC1=CC[C@H]1C(=O)CC[C@@H](O)[C@@H]12)OCCO3. The molecule has 21 heavy (non-hydrogen) atoms. The summed E-state index contributed by atoms with van der Waals surface area (Å²) in [6.07, 6.45) is 6.44. The first-order valence-corrected chi connectivity index (χ1v) is 8.22. The molecule has 3 fully saturated rings. The highest BCUT2D eigenvalue weighted by atomic mass is 16.7. The second-order valence-corrected chi connectivity index (χ2v) is 7.37. The van der Waals surface area contributed by atoms with E-state index in [-0.39, 0.29) is 23.4 Å². The van der Waals surface area contributed by atoms with Crippen molar-refractivity contribution in [2.45, 2.75) is 57.3 Å². The van der Waals surface area contributed by atoms with Crippen LogP contribution in [0.15, 0.2) is 11.6 Å². The third kappa shape index (κ3) is 1.96. The molecule has 1 aliphatic heterocycles. The van der Waals surface area contributed by atoms with E-state index in [1.807, 2.05) is 0 Å². The Balaban J connectivity index is 1.68. The maximum atomic E-state index is 12.3. The average molecular weight is 292 g/mol. The molecule has 0 unspecified atom stereocenters. The molecule has 0 aromatic carbocycles. The molecular weight excluding hydrogens is 268 g/mol. The Morgan fingerprint density at radius 2 is 2.05 bits per heavy atom. The van der Waals surface area contributed by atoms with Gasteiger partial charge in [-0.2, -0.15) is 0 Å². The van der Waals surface area contributed by atoms with Crippen molar-refractivity contribution in [2.24, 2.45) is 17.3 Å². The third-order valence-corrected chi connectivity index (χ3v) is 6.33. The summed E-state index contributed by atoms with van der Waals surface area (Å²) in [7, 11) is 0. The van der Waals surface area contributed by atoms with Crippen LogP contribution in [-0.2, 0) is 14.3 Å². The third-order valence-electron chi connectivity index (χ3n) is 6.33. The van der Waals surface area contributed by atoms with Crippen molar-refractivity contribution in [2.75, 3.05) is 13.2 Å². The first-order chi connectivity index (χ1) is 10.0. The van der Waals surface area contributed by atoms with E-state index >= 15 is 0 Å². The van der Waals surface area contributed by atoms with Crippen molar-refractivity contribution in [3.63, 3.8) is 0 Å². The molecule has 4 heteroatoms. The van der Waals surface area contributed by atoms with Gasteiger partial charge in [0.05, 0.1) is 19.3 Å². The van der Waals surface area contributed by atoms with Crippen LogP contribution in [0.4, 0.5) is 0 Å². The van der Waals surface area contributed by atoms with Crippen molar-refractivity contribution in [1.29, 1.82) is 0 Å². The highest BCUT2D eigenvalue weighted by molar-refractivity contribution is 5.83. The van der Waals surface area contributed by atoms with Crippen LogP contribution in [-0.4, -0.2) is 36.0 Å². The van der Waals surface area contributed by atoms with E-state index in [4.69, 9.17) is 9.47 Å². The van der Waals surface area contributed by atoms with E-state index < -0.39 is 5.79 Å². The fraction of sp³-hybridized carbons (Fsp3) is 0.824. The highest BCUT2D eigenvalue weighted by Gasteiger charge is 2.56. The first kappa shape index (κ1) is 13.9. The summed E-state index contributed by atoms with van der Waals surface area (Å²) in [6, 6.07) is 0. The van der Waals surface area contributed by atoms with Gasteiger partial charge in [0.1, 0.15) is 5.78 Å². The minimum absolute atomic E-state index is 0.0157. The van der Waals surface area contributed by atoms with Gasteiger partial charge in [0.25, 0.3) is 0 Å². The van der Waals surface area contributed by atoms with E-state index in [0.717, 1.165) is 25.7 Å². The summed E-state index contributed by atoms with van der Waals surface area (Å²) in [5.41, 5.74) is 1.27. The zero-order chi connectivity index (χ0) is 14.7. The van der Waals surface area contributed by atoms with Crippen LogP contribution < -0.4 is 0 Å². The molecule has 1 heterocycles. The van der Waals surface area contributed by atoms with Crippen molar-refractivity contribution >= 4 is 5.78 Å². The molecule has 4 atom stereocenters. The van der Waals surface area contributed by atoms with Crippen LogP contribution >= 0.6 is 0 Å². The number of ketones is 1. The number of Topliss-reactive ketones (excluding diaryl/α,β-unsaturated/α-hetero) is 1. The number of carbonyl (C=O) groups excluding carboxylic acids is 1. The van der Waals surface area contributed by atoms with Crippen molar-refractivity contribution in [3.05, 3.63) is 11.6 Å².